The van der Waals surface area contributed by atoms with Gasteiger partial charge in [-0.3, -0.25) is 0 Å². The minimum atomic E-state index is -0.719. The van der Waals surface area contributed by atoms with Crippen molar-refractivity contribution < 1.29 is 14.2 Å². The van der Waals surface area contributed by atoms with E-state index >= 15 is 0 Å². The zero-order chi connectivity index (χ0) is 16.7. The lowest BCUT2D eigenvalue weighted by molar-refractivity contribution is 0.104. The molecular formula is C17H18Cl2FNO2. The second kappa shape index (κ2) is 9.08. The first-order chi connectivity index (χ1) is 11.1. The van der Waals surface area contributed by atoms with Crippen molar-refractivity contribution in [2.75, 3.05) is 19.7 Å². The van der Waals surface area contributed by atoms with Crippen molar-refractivity contribution in [2.45, 2.75) is 12.5 Å². The van der Waals surface area contributed by atoms with Crippen molar-refractivity contribution in [3.63, 3.8) is 0 Å². The summed E-state index contributed by atoms with van der Waals surface area (Å²) in [6, 6.07) is 11.6. The quantitative estimate of drug-likeness (QED) is 0.707. The Morgan fingerprint density at radius 1 is 1.13 bits per heavy atom. The number of aliphatic hydroxyl groups is 1. The first-order valence-electron chi connectivity index (χ1n) is 7.26. The molecule has 2 aromatic carbocycles. The van der Waals surface area contributed by atoms with Crippen molar-refractivity contribution >= 4 is 23.2 Å². The van der Waals surface area contributed by atoms with Crippen LogP contribution in [-0.2, 0) is 6.42 Å². The Morgan fingerprint density at radius 2 is 1.91 bits per heavy atom. The van der Waals surface area contributed by atoms with Gasteiger partial charge in [0, 0.05) is 6.54 Å². The van der Waals surface area contributed by atoms with Crippen LogP contribution in [0.25, 0.3) is 0 Å². The summed E-state index contributed by atoms with van der Waals surface area (Å²) in [5.41, 5.74) is 1.06. The average molecular weight is 358 g/mol. The molecule has 2 rings (SSSR count). The Bertz CT molecular complexity index is 640. The molecule has 2 N–H and O–H groups in total. The minimum absolute atomic E-state index is 0.0285. The molecule has 0 aliphatic heterocycles. The van der Waals surface area contributed by atoms with Crippen LogP contribution in [0.5, 0.6) is 5.75 Å². The summed E-state index contributed by atoms with van der Waals surface area (Å²) in [6.07, 6.45) is 0.0426. The molecular weight excluding hydrogens is 340 g/mol. The lowest BCUT2D eigenvalue weighted by Crippen LogP contribution is -2.32. The molecule has 0 bridgehead atoms. The van der Waals surface area contributed by atoms with E-state index in [-0.39, 0.29) is 12.4 Å². The van der Waals surface area contributed by atoms with Gasteiger partial charge in [0.1, 0.15) is 12.7 Å². The smallest absolute Gasteiger partial charge is 0.165 e. The molecule has 23 heavy (non-hydrogen) atoms. The SMILES string of the molecule is OC(CNCCc1ccc(Cl)c(Cl)c1)COc1ccccc1F. The Balaban J connectivity index is 1.65. The third-order valence-corrected chi connectivity index (χ3v) is 3.96. The number of aliphatic hydroxyl groups excluding tert-OH is 1. The first kappa shape index (κ1) is 18.0. The maximum absolute atomic E-state index is 13.4. The van der Waals surface area contributed by atoms with Crippen molar-refractivity contribution in [1.29, 1.82) is 0 Å². The fourth-order valence-corrected chi connectivity index (χ4v) is 2.32. The maximum atomic E-state index is 13.4. The van der Waals surface area contributed by atoms with Crippen molar-refractivity contribution in [3.8, 4) is 5.75 Å². The van der Waals surface area contributed by atoms with Crippen LogP contribution in [0.15, 0.2) is 42.5 Å². The maximum Gasteiger partial charge on any atom is 0.165 e. The Hall–Kier alpha value is -1.33. The van der Waals surface area contributed by atoms with Gasteiger partial charge in [-0.15, -0.1) is 0 Å². The number of nitrogens with one attached hydrogen (secondary N) is 1. The van der Waals surface area contributed by atoms with Gasteiger partial charge in [-0.05, 0) is 42.8 Å². The Labute approximate surface area is 145 Å². The zero-order valence-corrected chi connectivity index (χ0v) is 13.9. The highest BCUT2D eigenvalue weighted by atomic mass is 35.5. The molecule has 2 aromatic rings. The van der Waals surface area contributed by atoms with Gasteiger partial charge < -0.3 is 15.2 Å². The lowest BCUT2D eigenvalue weighted by Gasteiger charge is -2.13. The number of ether oxygens (including phenoxy) is 1. The second-order valence-corrected chi connectivity index (χ2v) is 5.91. The van der Waals surface area contributed by atoms with Crippen LogP contribution in [0.3, 0.4) is 0 Å². The van der Waals surface area contributed by atoms with Gasteiger partial charge >= 0.3 is 0 Å². The largest absolute Gasteiger partial charge is 0.488 e. The summed E-state index contributed by atoms with van der Waals surface area (Å²) in [4.78, 5) is 0. The Morgan fingerprint density at radius 3 is 2.65 bits per heavy atom. The predicted molar refractivity (Wildman–Crippen MR) is 90.9 cm³/mol. The molecule has 0 aliphatic rings. The molecule has 0 saturated heterocycles. The number of halogens is 3. The highest BCUT2D eigenvalue weighted by Crippen LogP contribution is 2.22. The van der Waals surface area contributed by atoms with Gasteiger partial charge in [0.15, 0.2) is 11.6 Å². The van der Waals surface area contributed by atoms with Gasteiger partial charge in [0.2, 0.25) is 0 Å². The van der Waals surface area contributed by atoms with Crippen molar-refractivity contribution in [2.24, 2.45) is 0 Å². The van der Waals surface area contributed by atoms with Gasteiger partial charge in [-0.25, -0.2) is 4.39 Å². The second-order valence-electron chi connectivity index (χ2n) is 5.10. The summed E-state index contributed by atoms with van der Waals surface area (Å²) >= 11 is 11.8. The van der Waals surface area contributed by atoms with Crippen molar-refractivity contribution in [1.82, 2.24) is 5.32 Å². The van der Waals surface area contributed by atoms with E-state index < -0.39 is 11.9 Å². The van der Waals surface area contributed by atoms with Crippen LogP contribution in [0.2, 0.25) is 10.0 Å². The van der Waals surface area contributed by atoms with Crippen molar-refractivity contribution in [3.05, 3.63) is 63.9 Å². The summed E-state index contributed by atoms with van der Waals surface area (Å²) in [5, 5.41) is 14.0. The van der Waals surface area contributed by atoms with E-state index in [2.05, 4.69) is 5.32 Å². The highest BCUT2D eigenvalue weighted by molar-refractivity contribution is 6.42. The molecule has 0 fully saturated rings. The fraction of sp³-hybridized carbons (Fsp3) is 0.294. The van der Waals surface area contributed by atoms with Crippen LogP contribution < -0.4 is 10.1 Å². The van der Waals surface area contributed by atoms with Crippen LogP contribution >= 0.6 is 23.2 Å². The number of rotatable bonds is 8. The molecule has 0 saturated carbocycles. The van der Waals surface area contributed by atoms with E-state index in [4.69, 9.17) is 27.9 Å². The number of hydrogen-bond acceptors (Lipinski definition) is 3. The molecule has 0 spiro atoms. The van der Waals surface area contributed by atoms with Gasteiger partial charge in [-0.1, -0.05) is 41.4 Å². The normalized spacial score (nSPS) is 12.2. The predicted octanol–water partition coefficient (Wildman–Crippen LogP) is 3.70. The average Bonchev–Trinajstić information content (AvgIpc) is 2.54. The summed E-state index contributed by atoms with van der Waals surface area (Å²) in [5.74, 6) is -0.297. The van der Waals surface area contributed by atoms with Gasteiger partial charge in [-0.2, -0.15) is 0 Å². The van der Waals surface area contributed by atoms with E-state index in [0.717, 1.165) is 12.0 Å². The minimum Gasteiger partial charge on any atom is -0.488 e. The molecule has 6 heteroatoms. The van der Waals surface area contributed by atoms with Crippen LogP contribution in [0, 0.1) is 5.82 Å². The van der Waals surface area contributed by atoms with Crippen LogP contribution in [0.4, 0.5) is 4.39 Å². The monoisotopic (exact) mass is 357 g/mol. The molecule has 0 aromatic heterocycles. The summed E-state index contributed by atoms with van der Waals surface area (Å²) in [7, 11) is 0. The van der Waals surface area contributed by atoms with E-state index in [0.29, 0.717) is 23.1 Å². The number of hydrogen-bond donors (Lipinski definition) is 2. The van der Waals surface area contributed by atoms with E-state index in [1.54, 1.807) is 18.2 Å². The summed E-state index contributed by atoms with van der Waals surface area (Å²) in [6.45, 7) is 1.06. The van der Waals surface area contributed by atoms with E-state index in [1.807, 2.05) is 12.1 Å². The highest BCUT2D eigenvalue weighted by Gasteiger charge is 2.07. The molecule has 124 valence electrons. The molecule has 1 atom stereocenters. The molecule has 0 heterocycles. The number of benzene rings is 2. The lowest BCUT2D eigenvalue weighted by atomic mass is 10.1. The molecule has 0 radical (unpaired) electrons. The molecule has 3 nitrogen and oxygen atoms in total. The van der Waals surface area contributed by atoms with Crippen LogP contribution in [0.1, 0.15) is 5.56 Å². The standard InChI is InChI=1S/C17H18Cl2FNO2/c18-14-6-5-12(9-15(14)19)7-8-21-10-13(22)11-23-17-4-2-1-3-16(17)20/h1-6,9,13,21-22H,7-8,10-11H2. The van der Waals surface area contributed by atoms with E-state index in [9.17, 15) is 9.50 Å². The van der Waals surface area contributed by atoms with E-state index in [1.165, 1.54) is 12.1 Å². The topological polar surface area (TPSA) is 41.5 Å². The zero-order valence-electron chi connectivity index (χ0n) is 12.4. The number of para-hydroxylation sites is 1. The molecule has 0 aliphatic carbocycles. The van der Waals surface area contributed by atoms with Gasteiger partial charge in [0.05, 0.1) is 10.0 Å². The first-order valence-corrected chi connectivity index (χ1v) is 8.02. The third-order valence-electron chi connectivity index (χ3n) is 3.22. The fourth-order valence-electron chi connectivity index (χ4n) is 2.00. The van der Waals surface area contributed by atoms with Gasteiger partial charge in [0.25, 0.3) is 0 Å². The van der Waals surface area contributed by atoms with Crippen LogP contribution in [-0.4, -0.2) is 30.9 Å². The third kappa shape index (κ3) is 5.99. The Kier molecular flexibility index (Phi) is 7.12. The molecule has 0 amide bonds. The summed E-state index contributed by atoms with van der Waals surface area (Å²) < 4.78 is 18.6. The molecule has 1 unspecified atom stereocenters.